The molecule has 0 aromatic heterocycles. The summed E-state index contributed by atoms with van der Waals surface area (Å²) in [5, 5.41) is 0. The molecule has 0 amide bonds. The first-order chi connectivity index (χ1) is 6.13. The summed E-state index contributed by atoms with van der Waals surface area (Å²) in [5.41, 5.74) is 0.552. The van der Waals surface area contributed by atoms with Crippen molar-refractivity contribution in [1.82, 2.24) is 0 Å². The molecule has 0 unspecified atom stereocenters. The van der Waals surface area contributed by atoms with Crippen LogP contribution in [0, 0.1) is 5.41 Å². The van der Waals surface area contributed by atoms with Crippen LogP contribution in [0.15, 0.2) is 12.2 Å². The Bertz CT molecular complexity index is 273. The van der Waals surface area contributed by atoms with Crippen molar-refractivity contribution in [3.63, 3.8) is 0 Å². The van der Waals surface area contributed by atoms with Crippen LogP contribution < -0.4 is 0 Å². The van der Waals surface area contributed by atoms with Gasteiger partial charge in [0.15, 0.2) is 0 Å². The van der Waals surface area contributed by atoms with Gasteiger partial charge in [-0.15, -0.1) is 0 Å². The molecule has 14 heavy (non-hydrogen) atoms. The zero-order chi connectivity index (χ0) is 10.7. The summed E-state index contributed by atoms with van der Waals surface area (Å²) >= 11 is 0. The van der Waals surface area contributed by atoms with E-state index in [9.17, 15) is 0 Å². The lowest BCUT2D eigenvalue weighted by molar-refractivity contribution is 0.239. The van der Waals surface area contributed by atoms with Crippen molar-refractivity contribution < 1.29 is 0 Å². The third-order valence-electron chi connectivity index (χ3n) is 4.84. The maximum absolute atomic E-state index is 2.60. The molecule has 0 nitrogen and oxygen atoms in total. The molecular weight excluding hydrogens is 188 g/mol. The first kappa shape index (κ1) is 10.6. The predicted octanol–water partition coefficient (Wildman–Crippen LogP) is 3.47. The van der Waals surface area contributed by atoms with Gasteiger partial charge >= 0.3 is 0 Å². The molecule has 3 aliphatic carbocycles. The zero-order valence-electron chi connectivity index (χ0n) is 10.4. The minimum Gasteiger partial charge on any atom is -0.285 e. The molecule has 1 heteroatoms. The highest BCUT2D eigenvalue weighted by atomic mass is 32.3. The average Bonchev–Trinajstić information content (AvgIpc) is 2.02. The molecule has 0 aromatic carbocycles. The summed E-state index contributed by atoms with van der Waals surface area (Å²) < 4.78 is 0.587. The topological polar surface area (TPSA) is 0 Å². The lowest BCUT2D eigenvalue weighted by Crippen LogP contribution is -2.48. The molecule has 84 valence electrons. The van der Waals surface area contributed by atoms with Crippen LogP contribution in [0.2, 0.25) is 0 Å². The lowest BCUT2D eigenvalue weighted by Gasteiger charge is -2.67. The van der Waals surface area contributed by atoms with Gasteiger partial charge in [-0.2, -0.15) is 0 Å². The first-order valence-electron chi connectivity index (χ1n) is 5.84. The van der Waals surface area contributed by atoms with Gasteiger partial charge in [-0.05, 0) is 56.1 Å². The second kappa shape index (κ2) is 2.42. The van der Waals surface area contributed by atoms with Crippen molar-refractivity contribution in [2.45, 2.75) is 37.4 Å². The van der Waals surface area contributed by atoms with Crippen molar-refractivity contribution in [2.75, 3.05) is 25.0 Å². The highest BCUT2D eigenvalue weighted by molar-refractivity contribution is 8.48. The lowest BCUT2D eigenvalue weighted by atomic mass is 9.66. The van der Waals surface area contributed by atoms with Crippen LogP contribution in [0.4, 0.5) is 0 Å². The quantitative estimate of drug-likeness (QED) is 0.501. The van der Waals surface area contributed by atoms with Crippen molar-refractivity contribution in [3.05, 3.63) is 12.2 Å². The fraction of sp³-hybridized carbons (Fsp3) is 0.846. The highest BCUT2D eigenvalue weighted by Gasteiger charge is 2.50. The Morgan fingerprint density at radius 2 is 1.36 bits per heavy atom. The molecule has 0 aromatic rings. The van der Waals surface area contributed by atoms with Gasteiger partial charge in [0, 0.05) is 4.75 Å². The molecule has 2 bridgehead atoms. The molecule has 1 fully saturated rings. The molecule has 3 rings (SSSR count). The Morgan fingerprint density at radius 3 is 1.64 bits per heavy atom. The predicted molar refractivity (Wildman–Crippen MR) is 71.1 cm³/mol. The second-order valence-electron chi connectivity index (χ2n) is 7.67. The van der Waals surface area contributed by atoms with Crippen LogP contribution in [-0.2, 0) is 0 Å². The average molecular weight is 214 g/mol. The van der Waals surface area contributed by atoms with E-state index < -0.39 is 9.16 Å². The maximum atomic E-state index is 2.60. The summed E-state index contributed by atoms with van der Waals surface area (Å²) in [7, 11) is -1.46. The number of hydrogen-bond donors (Lipinski definition) is 1. The Morgan fingerprint density at radius 1 is 0.857 bits per heavy atom. The van der Waals surface area contributed by atoms with Crippen molar-refractivity contribution in [1.29, 1.82) is 0 Å². The van der Waals surface area contributed by atoms with Gasteiger partial charge in [0.25, 0.3) is 0 Å². The molecular formula is C13H26S. The van der Waals surface area contributed by atoms with Crippen LogP contribution in [0.5, 0.6) is 0 Å². The van der Waals surface area contributed by atoms with Gasteiger partial charge < -0.3 is 0 Å². The summed E-state index contributed by atoms with van der Waals surface area (Å²) in [4.78, 5) is 0. The minimum atomic E-state index is -1.46. The van der Waals surface area contributed by atoms with E-state index in [1.165, 1.54) is 25.7 Å². The standard InChI is InChI=1S/C13H26S/c1-12-6-9-13(10-7-12,11-8-12)14(2,3,4)5/h6,9,14H,7-8,10-11H2,1-5H3. The van der Waals surface area contributed by atoms with Crippen LogP contribution in [0.25, 0.3) is 0 Å². The maximum Gasteiger partial charge on any atom is 0.00503 e. The van der Waals surface area contributed by atoms with Crippen LogP contribution in [-0.4, -0.2) is 29.8 Å². The summed E-state index contributed by atoms with van der Waals surface area (Å²) in [6.07, 6.45) is 21.0. The van der Waals surface area contributed by atoms with Gasteiger partial charge in [-0.1, -0.05) is 19.1 Å². The van der Waals surface area contributed by atoms with E-state index in [0.717, 1.165) is 0 Å². The zero-order valence-corrected chi connectivity index (χ0v) is 11.3. The monoisotopic (exact) mass is 214 g/mol. The summed E-state index contributed by atoms with van der Waals surface area (Å²) in [6, 6.07) is 0. The smallest absolute Gasteiger partial charge is 0.00503 e. The Kier molecular flexibility index (Phi) is 1.84. The van der Waals surface area contributed by atoms with E-state index >= 15 is 0 Å². The van der Waals surface area contributed by atoms with Crippen LogP contribution in [0.1, 0.15) is 32.6 Å². The fourth-order valence-electron chi connectivity index (χ4n) is 3.14. The number of fused-ring (bicyclic) bond motifs is 2. The SMILES string of the molecule is CC12C=CC([SH](C)(C)(C)C)(CC1)CC2. The van der Waals surface area contributed by atoms with Gasteiger partial charge in [-0.25, -0.2) is 0 Å². The Hall–Kier alpha value is 0.0900. The van der Waals surface area contributed by atoms with Gasteiger partial charge in [-0.3, -0.25) is 9.16 Å². The van der Waals surface area contributed by atoms with E-state index in [4.69, 9.17) is 0 Å². The van der Waals surface area contributed by atoms with E-state index in [2.05, 4.69) is 44.1 Å². The van der Waals surface area contributed by atoms with Crippen molar-refractivity contribution in [3.8, 4) is 0 Å². The molecule has 0 spiro atoms. The normalized spacial score (nSPS) is 44.8. The van der Waals surface area contributed by atoms with E-state index in [0.29, 0.717) is 10.2 Å². The van der Waals surface area contributed by atoms with Gasteiger partial charge in [0.05, 0.1) is 0 Å². The summed E-state index contributed by atoms with van der Waals surface area (Å²) in [5.74, 6) is 0. The van der Waals surface area contributed by atoms with Gasteiger partial charge in [0.1, 0.15) is 0 Å². The third-order valence-corrected chi connectivity index (χ3v) is 8.99. The van der Waals surface area contributed by atoms with Crippen molar-refractivity contribution in [2.24, 2.45) is 5.41 Å². The molecule has 0 radical (unpaired) electrons. The Labute approximate surface area is 89.4 Å². The number of rotatable bonds is 1. The molecule has 0 heterocycles. The first-order valence-corrected chi connectivity index (χ1v) is 9.86. The second-order valence-corrected chi connectivity index (χ2v) is 15.7. The third kappa shape index (κ3) is 1.36. The molecule has 0 saturated heterocycles. The number of thiol groups is 1. The van der Waals surface area contributed by atoms with E-state index in [1.54, 1.807) is 0 Å². The van der Waals surface area contributed by atoms with Crippen LogP contribution >= 0.6 is 9.16 Å². The highest BCUT2D eigenvalue weighted by Crippen LogP contribution is 2.74. The molecule has 3 aliphatic rings. The summed E-state index contributed by atoms with van der Waals surface area (Å²) in [6.45, 7) is 2.43. The Balaban J connectivity index is 2.43. The molecule has 0 atom stereocenters. The van der Waals surface area contributed by atoms with Gasteiger partial charge in [0.2, 0.25) is 0 Å². The fourth-order valence-corrected chi connectivity index (χ4v) is 5.82. The molecule has 0 N–H and O–H groups in total. The molecule has 0 aliphatic heterocycles. The number of allylic oxidation sites excluding steroid dienone is 1. The number of hydrogen-bond acceptors (Lipinski definition) is 0. The van der Waals surface area contributed by atoms with E-state index in [1.807, 2.05) is 0 Å². The minimum absolute atomic E-state index is 0.552. The van der Waals surface area contributed by atoms with E-state index in [-0.39, 0.29) is 0 Å². The molecule has 1 saturated carbocycles. The van der Waals surface area contributed by atoms with Crippen molar-refractivity contribution >= 4 is 9.16 Å². The van der Waals surface area contributed by atoms with Crippen LogP contribution in [0.3, 0.4) is 0 Å². The largest absolute Gasteiger partial charge is 0.285 e.